The zero-order chi connectivity index (χ0) is 14.5. The summed E-state index contributed by atoms with van der Waals surface area (Å²) < 4.78 is 0. The molecule has 7 nitrogen and oxygen atoms in total. The Hall–Kier alpha value is -2.96. The Balaban J connectivity index is 2.33. The van der Waals surface area contributed by atoms with Gasteiger partial charge < -0.3 is 10.4 Å². The van der Waals surface area contributed by atoms with E-state index < -0.39 is 10.9 Å². The molecule has 0 aliphatic rings. The summed E-state index contributed by atoms with van der Waals surface area (Å²) in [7, 11) is 0. The topological polar surface area (TPSA) is 105 Å². The Morgan fingerprint density at radius 2 is 2.10 bits per heavy atom. The van der Waals surface area contributed by atoms with Crippen LogP contribution in [0.2, 0.25) is 0 Å². The van der Waals surface area contributed by atoms with Crippen molar-refractivity contribution in [2.75, 3.05) is 5.32 Å². The van der Waals surface area contributed by atoms with Gasteiger partial charge in [0.25, 0.3) is 5.69 Å². The Kier molecular flexibility index (Phi) is 3.90. The maximum absolute atomic E-state index is 11.1. The zero-order valence-electron chi connectivity index (χ0n) is 10.3. The summed E-state index contributed by atoms with van der Waals surface area (Å²) >= 11 is 0. The smallest absolute Gasteiger partial charge is 0.338 e. The van der Waals surface area contributed by atoms with Crippen LogP contribution in [0.1, 0.15) is 16.1 Å². The molecule has 0 amide bonds. The van der Waals surface area contributed by atoms with Crippen molar-refractivity contribution in [2.24, 2.45) is 0 Å². The van der Waals surface area contributed by atoms with Crippen molar-refractivity contribution >= 4 is 17.3 Å². The van der Waals surface area contributed by atoms with Gasteiger partial charge in [-0.1, -0.05) is 12.1 Å². The molecular weight excluding hydrogens is 262 g/mol. The van der Waals surface area contributed by atoms with Gasteiger partial charge in [-0.15, -0.1) is 0 Å². The highest BCUT2D eigenvalue weighted by atomic mass is 16.6. The number of benzene rings is 1. The van der Waals surface area contributed by atoms with E-state index in [2.05, 4.69) is 10.3 Å². The molecule has 1 heterocycles. The minimum atomic E-state index is -1.22. The highest BCUT2D eigenvalue weighted by molar-refractivity contribution is 5.96. The summed E-state index contributed by atoms with van der Waals surface area (Å²) in [5, 5.41) is 22.8. The number of aromatic nitrogens is 1. The fourth-order valence-corrected chi connectivity index (χ4v) is 1.74. The summed E-state index contributed by atoms with van der Waals surface area (Å²) in [6.45, 7) is 0.200. The lowest BCUT2D eigenvalue weighted by Crippen LogP contribution is -2.09. The maximum atomic E-state index is 11.1. The molecule has 0 saturated heterocycles. The van der Waals surface area contributed by atoms with Crippen LogP contribution in [0.5, 0.6) is 0 Å². The number of nitro benzene ring substituents is 1. The molecule has 20 heavy (non-hydrogen) atoms. The van der Waals surface area contributed by atoms with Gasteiger partial charge in [-0.3, -0.25) is 15.1 Å². The number of rotatable bonds is 5. The molecule has 2 rings (SSSR count). The van der Waals surface area contributed by atoms with E-state index in [1.165, 1.54) is 18.2 Å². The second-order valence-corrected chi connectivity index (χ2v) is 3.94. The lowest BCUT2D eigenvalue weighted by Gasteiger charge is -2.09. The minimum absolute atomic E-state index is 0.0179. The molecule has 0 atom stereocenters. The van der Waals surface area contributed by atoms with Crippen LogP contribution < -0.4 is 5.32 Å². The first-order chi connectivity index (χ1) is 9.59. The van der Waals surface area contributed by atoms with Gasteiger partial charge in [-0.2, -0.15) is 0 Å². The highest BCUT2D eigenvalue weighted by Gasteiger charge is 2.20. The van der Waals surface area contributed by atoms with Crippen LogP contribution in [0.25, 0.3) is 0 Å². The van der Waals surface area contributed by atoms with Gasteiger partial charge in [-0.05, 0) is 18.2 Å². The molecule has 0 unspecified atom stereocenters. The van der Waals surface area contributed by atoms with E-state index in [0.717, 1.165) is 0 Å². The van der Waals surface area contributed by atoms with E-state index in [9.17, 15) is 14.9 Å². The van der Waals surface area contributed by atoms with Crippen LogP contribution in [-0.4, -0.2) is 21.0 Å². The van der Waals surface area contributed by atoms with Crippen molar-refractivity contribution in [3.05, 3.63) is 64.0 Å². The molecule has 0 fully saturated rings. The fraction of sp³-hybridized carbons (Fsp3) is 0.0769. The van der Waals surface area contributed by atoms with Gasteiger partial charge >= 0.3 is 5.97 Å². The van der Waals surface area contributed by atoms with Crippen LogP contribution in [0, 0.1) is 10.1 Å². The fourth-order valence-electron chi connectivity index (χ4n) is 1.74. The summed E-state index contributed by atoms with van der Waals surface area (Å²) in [5.74, 6) is -1.22. The molecule has 0 spiro atoms. The highest BCUT2D eigenvalue weighted by Crippen LogP contribution is 2.28. The quantitative estimate of drug-likeness (QED) is 0.639. The van der Waals surface area contributed by atoms with Crippen molar-refractivity contribution in [1.29, 1.82) is 0 Å². The number of hydrogen-bond donors (Lipinski definition) is 2. The average molecular weight is 273 g/mol. The maximum Gasteiger partial charge on any atom is 0.338 e. The number of carboxylic acid groups (broad SMARTS) is 1. The molecule has 102 valence electrons. The minimum Gasteiger partial charge on any atom is -0.478 e. The van der Waals surface area contributed by atoms with Crippen LogP contribution in [0.3, 0.4) is 0 Å². The zero-order valence-corrected chi connectivity index (χ0v) is 10.3. The number of nitro groups is 1. The molecule has 0 radical (unpaired) electrons. The van der Waals surface area contributed by atoms with Crippen LogP contribution in [0.4, 0.5) is 11.4 Å². The SMILES string of the molecule is O=C(O)c1cccc([N+](=O)[O-])c1NCc1ccccn1. The van der Waals surface area contributed by atoms with E-state index in [1.807, 2.05) is 0 Å². The summed E-state index contributed by atoms with van der Waals surface area (Å²) in [4.78, 5) is 25.5. The van der Waals surface area contributed by atoms with E-state index in [4.69, 9.17) is 5.11 Å². The Labute approximate surface area is 114 Å². The Morgan fingerprint density at radius 3 is 2.70 bits per heavy atom. The molecule has 0 aliphatic carbocycles. The van der Waals surface area contributed by atoms with Gasteiger partial charge in [0.1, 0.15) is 5.69 Å². The molecule has 2 aromatic rings. The van der Waals surface area contributed by atoms with Crippen molar-refractivity contribution < 1.29 is 14.8 Å². The van der Waals surface area contributed by atoms with E-state index in [1.54, 1.807) is 24.4 Å². The number of anilines is 1. The average Bonchev–Trinajstić information content (AvgIpc) is 2.45. The lowest BCUT2D eigenvalue weighted by molar-refractivity contribution is -0.384. The second kappa shape index (κ2) is 5.79. The molecule has 0 saturated carbocycles. The van der Waals surface area contributed by atoms with Gasteiger partial charge in [0.05, 0.1) is 22.7 Å². The summed E-state index contributed by atoms with van der Waals surface area (Å²) in [6, 6.07) is 9.18. The van der Waals surface area contributed by atoms with Crippen molar-refractivity contribution in [3.8, 4) is 0 Å². The molecule has 1 aromatic carbocycles. The first-order valence-corrected chi connectivity index (χ1v) is 5.74. The Bertz CT molecular complexity index is 611. The largest absolute Gasteiger partial charge is 0.478 e. The van der Waals surface area contributed by atoms with Crippen LogP contribution in [-0.2, 0) is 6.54 Å². The predicted octanol–water partition coefficient (Wildman–Crippen LogP) is 2.30. The molecule has 7 heteroatoms. The molecule has 2 N–H and O–H groups in total. The summed E-state index contributed by atoms with van der Waals surface area (Å²) in [5.41, 5.74) is 0.216. The lowest BCUT2D eigenvalue weighted by atomic mass is 10.1. The van der Waals surface area contributed by atoms with Gasteiger partial charge in [0.2, 0.25) is 0 Å². The third-order valence-corrected chi connectivity index (χ3v) is 2.64. The normalized spacial score (nSPS) is 10.0. The van der Waals surface area contributed by atoms with E-state index in [-0.39, 0.29) is 23.5 Å². The van der Waals surface area contributed by atoms with Crippen molar-refractivity contribution in [1.82, 2.24) is 4.98 Å². The summed E-state index contributed by atoms with van der Waals surface area (Å²) in [6.07, 6.45) is 1.59. The van der Waals surface area contributed by atoms with Crippen LogP contribution >= 0.6 is 0 Å². The number of hydrogen-bond acceptors (Lipinski definition) is 5. The number of para-hydroxylation sites is 1. The van der Waals surface area contributed by atoms with Gasteiger partial charge in [0, 0.05) is 12.3 Å². The van der Waals surface area contributed by atoms with Gasteiger partial charge in [0.15, 0.2) is 0 Å². The first-order valence-electron chi connectivity index (χ1n) is 5.74. The van der Waals surface area contributed by atoms with Crippen molar-refractivity contribution in [3.63, 3.8) is 0 Å². The molecule has 0 aliphatic heterocycles. The first kappa shape index (κ1) is 13.5. The molecule has 0 bridgehead atoms. The number of nitrogens with one attached hydrogen (secondary N) is 1. The van der Waals surface area contributed by atoms with Crippen molar-refractivity contribution in [2.45, 2.75) is 6.54 Å². The third kappa shape index (κ3) is 2.89. The number of carboxylic acids is 1. The van der Waals surface area contributed by atoms with E-state index in [0.29, 0.717) is 5.69 Å². The van der Waals surface area contributed by atoms with Gasteiger partial charge in [-0.25, -0.2) is 4.79 Å². The molecule has 1 aromatic heterocycles. The Morgan fingerprint density at radius 1 is 1.30 bits per heavy atom. The molecular formula is C13H11N3O4. The number of aromatic carboxylic acids is 1. The number of carbonyl (C=O) groups is 1. The number of nitrogens with zero attached hydrogens (tertiary/aromatic N) is 2. The number of pyridine rings is 1. The van der Waals surface area contributed by atoms with E-state index >= 15 is 0 Å². The second-order valence-electron chi connectivity index (χ2n) is 3.94. The van der Waals surface area contributed by atoms with Crippen LogP contribution in [0.15, 0.2) is 42.6 Å². The predicted molar refractivity (Wildman–Crippen MR) is 71.6 cm³/mol. The standard InChI is InChI=1S/C13H11N3O4/c17-13(18)10-5-3-6-11(16(19)20)12(10)15-8-9-4-1-2-7-14-9/h1-7,15H,8H2,(H,17,18). The monoisotopic (exact) mass is 273 g/mol. The third-order valence-electron chi connectivity index (χ3n) is 2.64.